The van der Waals surface area contributed by atoms with Gasteiger partial charge < -0.3 is 5.32 Å². The molecule has 0 unspecified atom stereocenters. The van der Waals surface area contributed by atoms with E-state index in [9.17, 15) is 4.79 Å². The minimum atomic E-state index is -0.120. The third-order valence-electron chi connectivity index (χ3n) is 2.48. The van der Waals surface area contributed by atoms with Gasteiger partial charge in [-0.2, -0.15) is 5.10 Å². The molecule has 3 aromatic rings. The Bertz CT molecular complexity index is 767. The van der Waals surface area contributed by atoms with Crippen molar-refractivity contribution in [3.8, 4) is 0 Å². The number of carbonyl (C=O) groups excluding carboxylic acids is 1. The van der Waals surface area contributed by atoms with E-state index in [1.54, 1.807) is 22.8 Å². The van der Waals surface area contributed by atoms with Crippen LogP contribution in [0.5, 0.6) is 0 Å². The van der Waals surface area contributed by atoms with Gasteiger partial charge in [-0.25, -0.2) is 4.52 Å². The normalized spacial score (nSPS) is 11.0. The van der Waals surface area contributed by atoms with E-state index in [2.05, 4.69) is 36.5 Å². The maximum Gasteiger partial charge on any atom is 0.221 e. The lowest BCUT2D eigenvalue weighted by Crippen LogP contribution is -2.06. The number of nitrogens with zero attached hydrogens (tertiary/aromatic N) is 4. The quantitative estimate of drug-likeness (QED) is 0.746. The van der Waals surface area contributed by atoms with Gasteiger partial charge in [0.15, 0.2) is 5.65 Å². The highest BCUT2D eigenvalue weighted by molar-refractivity contribution is 9.10. The SMILES string of the molecule is CC(=O)Nc1ccc2c(c1)nnc1c(Br)cnn12. The van der Waals surface area contributed by atoms with Crippen molar-refractivity contribution in [1.82, 2.24) is 19.8 Å². The number of amides is 1. The third-order valence-corrected chi connectivity index (χ3v) is 3.04. The van der Waals surface area contributed by atoms with E-state index in [0.29, 0.717) is 16.9 Å². The van der Waals surface area contributed by atoms with Gasteiger partial charge in [0.1, 0.15) is 5.52 Å². The Morgan fingerprint density at radius 3 is 3.00 bits per heavy atom. The van der Waals surface area contributed by atoms with Gasteiger partial charge in [-0.3, -0.25) is 4.79 Å². The smallest absolute Gasteiger partial charge is 0.221 e. The van der Waals surface area contributed by atoms with Gasteiger partial charge in [-0.15, -0.1) is 10.2 Å². The summed E-state index contributed by atoms with van der Waals surface area (Å²) in [4.78, 5) is 11.0. The van der Waals surface area contributed by atoms with E-state index >= 15 is 0 Å². The van der Waals surface area contributed by atoms with E-state index in [1.165, 1.54) is 6.92 Å². The van der Waals surface area contributed by atoms with Crippen molar-refractivity contribution in [1.29, 1.82) is 0 Å². The zero-order valence-electron chi connectivity index (χ0n) is 9.38. The van der Waals surface area contributed by atoms with Gasteiger partial charge in [-0.05, 0) is 34.1 Å². The molecule has 0 saturated heterocycles. The zero-order valence-corrected chi connectivity index (χ0v) is 11.0. The van der Waals surface area contributed by atoms with Crippen LogP contribution in [-0.2, 0) is 4.79 Å². The van der Waals surface area contributed by atoms with Crippen LogP contribution in [0.2, 0.25) is 0 Å². The second-order valence-electron chi connectivity index (χ2n) is 3.81. The largest absolute Gasteiger partial charge is 0.326 e. The van der Waals surface area contributed by atoms with Crippen molar-refractivity contribution in [2.24, 2.45) is 0 Å². The summed E-state index contributed by atoms with van der Waals surface area (Å²) in [6, 6.07) is 5.42. The summed E-state index contributed by atoms with van der Waals surface area (Å²) in [5, 5.41) is 15.1. The third kappa shape index (κ3) is 1.72. The van der Waals surface area contributed by atoms with Crippen LogP contribution in [0.15, 0.2) is 28.9 Å². The highest BCUT2D eigenvalue weighted by atomic mass is 79.9. The molecule has 0 atom stereocenters. The molecule has 7 heteroatoms. The summed E-state index contributed by atoms with van der Waals surface area (Å²) >= 11 is 3.36. The first-order valence-electron chi connectivity index (χ1n) is 5.22. The summed E-state index contributed by atoms with van der Waals surface area (Å²) < 4.78 is 2.49. The van der Waals surface area contributed by atoms with E-state index < -0.39 is 0 Å². The van der Waals surface area contributed by atoms with Crippen LogP contribution in [0.4, 0.5) is 5.69 Å². The summed E-state index contributed by atoms with van der Waals surface area (Å²) in [6.07, 6.45) is 1.67. The van der Waals surface area contributed by atoms with E-state index in [0.717, 1.165) is 9.99 Å². The number of hydrogen-bond acceptors (Lipinski definition) is 4. The Hall–Kier alpha value is -2.02. The minimum Gasteiger partial charge on any atom is -0.326 e. The highest BCUT2D eigenvalue weighted by Gasteiger charge is 2.08. The predicted molar refractivity (Wildman–Crippen MR) is 70.3 cm³/mol. The molecule has 1 aromatic carbocycles. The average Bonchev–Trinajstić information content (AvgIpc) is 2.70. The van der Waals surface area contributed by atoms with Crippen LogP contribution in [0.3, 0.4) is 0 Å². The number of rotatable bonds is 1. The molecule has 0 spiro atoms. The number of benzene rings is 1. The molecule has 6 nitrogen and oxygen atoms in total. The van der Waals surface area contributed by atoms with Gasteiger partial charge in [0.25, 0.3) is 0 Å². The Kier molecular flexibility index (Phi) is 2.48. The fraction of sp³-hybridized carbons (Fsp3) is 0.0909. The summed E-state index contributed by atoms with van der Waals surface area (Å²) in [5.74, 6) is -0.120. The number of nitrogens with one attached hydrogen (secondary N) is 1. The number of carbonyl (C=O) groups is 1. The van der Waals surface area contributed by atoms with E-state index in [1.807, 2.05) is 6.07 Å². The molecule has 2 aromatic heterocycles. The molecule has 90 valence electrons. The molecule has 0 bridgehead atoms. The highest BCUT2D eigenvalue weighted by Crippen LogP contribution is 2.21. The van der Waals surface area contributed by atoms with Gasteiger partial charge >= 0.3 is 0 Å². The van der Waals surface area contributed by atoms with Crippen molar-refractivity contribution in [2.45, 2.75) is 6.92 Å². The van der Waals surface area contributed by atoms with Gasteiger partial charge in [0, 0.05) is 12.6 Å². The lowest BCUT2D eigenvalue weighted by Gasteiger charge is -2.04. The maximum atomic E-state index is 11.0. The molecule has 0 aliphatic carbocycles. The van der Waals surface area contributed by atoms with Crippen molar-refractivity contribution in [3.05, 3.63) is 28.9 Å². The topological polar surface area (TPSA) is 72.2 Å². The van der Waals surface area contributed by atoms with Crippen LogP contribution >= 0.6 is 15.9 Å². The Balaban J connectivity index is 2.24. The number of aromatic nitrogens is 4. The second-order valence-corrected chi connectivity index (χ2v) is 4.67. The second kappa shape index (κ2) is 4.02. The molecule has 0 radical (unpaired) electrons. The Morgan fingerprint density at radius 2 is 2.22 bits per heavy atom. The van der Waals surface area contributed by atoms with Crippen LogP contribution in [0.1, 0.15) is 6.92 Å². The van der Waals surface area contributed by atoms with E-state index in [-0.39, 0.29) is 5.91 Å². The maximum absolute atomic E-state index is 11.0. The van der Waals surface area contributed by atoms with Crippen LogP contribution in [-0.4, -0.2) is 25.7 Å². The molecule has 2 heterocycles. The van der Waals surface area contributed by atoms with Crippen molar-refractivity contribution < 1.29 is 4.79 Å². The minimum absolute atomic E-state index is 0.120. The van der Waals surface area contributed by atoms with Crippen molar-refractivity contribution in [3.63, 3.8) is 0 Å². The molecule has 1 amide bonds. The van der Waals surface area contributed by atoms with Crippen LogP contribution in [0, 0.1) is 0 Å². The number of anilines is 1. The molecule has 3 rings (SSSR count). The number of hydrogen-bond donors (Lipinski definition) is 1. The first kappa shape index (κ1) is 11.1. The summed E-state index contributed by atoms with van der Waals surface area (Å²) in [5.41, 5.74) is 2.86. The molecule has 18 heavy (non-hydrogen) atoms. The summed E-state index contributed by atoms with van der Waals surface area (Å²) in [7, 11) is 0. The molecule has 0 aliphatic rings. The predicted octanol–water partition coefficient (Wildman–Crippen LogP) is 2.00. The molecular weight excluding hydrogens is 298 g/mol. The lowest BCUT2D eigenvalue weighted by molar-refractivity contribution is -0.114. The molecule has 0 aliphatic heterocycles. The van der Waals surface area contributed by atoms with Gasteiger partial charge in [0.2, 0.25) is 5.91 Å². The zero-order chi connectivity index (χ0) is 12.7. The number of fused-ring (bicyclic) bond motifs is 3. The fourth-order valence-corrected chi connectivity index (χ4v) is 2.09. The number of halogens is 1. The first-order chi connectivity index (χ1) is 8.65. The standard InChI is InChI=1S/C11H8BrN5O/c1-6(18)14-7-2-3-10-9(4-7)15-16-11-8(12)5-13-17(10)11/h2-5H,1H3,(H,14,18). The van der Waals surface area contributed by atoms with E-state index in [4.69, 9.17) is 0 Å². The lowest BCUT2D eigenvalue weighted by atomic mass is 10.2. The summed E-state index contributed by atoms with van der Waals surface area (Å²) in [6.45, 7) is 1.46. The Morgan fingerprint density at radius 1 is 1.39 bits per heavy atom. The average molecular weight is 306 g/mol. The van der Waals surface area contributed by atoms with Gasteiger partial charge in [0.05, 0.1) is 16.2 Å². The monoisotopic (exact) mass is 305 g/mol. The van der Waals surface area contributed by atoms with Crippen LogP contribution in [0.25, 0.3) is 16.7 Å². The molecular formula is C11H8BrN5O. The van der Waals surface area contributed by atoms with Crippen molar-refractivity contribution in [2.75, 3.05) is 5.32 Å². The van der Waals surface area contributed by atoms with Crippen molar-refractivity contribution >= 4 is 44.2 Å². The first-order valence-corrected chi connectivity index (χ1v) is 6.02. The molecule has 0 saturated carbocycles. The molecule has 0 fully saturated rings. The fourth-order valence-electron chi connectivity index (χ4n) is 1.75. The van der Waals surface area contributed by atoms with Crippen LogP contribution < -0.4 is 5.32 Å². The Labute approximate surface area is 110 Å². The van der Waals surface area contributed by atoms with Gasteiger partial charge in [-0.1, -0.05) is 0 Å². The molecule has 1 N–H and O–H groups in total.